The van der Waals surface area contributed by atoms with E-state index in [-0.39, 0.29) is 11.3 Å². The minimum absolute atomic E-state index is 0.0880. The monoisotopic (exact) mass is 319 g/mol. The Morgan fingerprint density at radius 1 is 1.00 bits per heavy atom. The van der Waals surface area contributed by atoms with E-state index < -0.39 is 11.8 Å². The average molecular weight is 320 g/mol. The number of carbonyl (C=O) groups excluding carboxylic acids is 2. The van der Waals surface area contributed by atoms with Crippen molar-refractivity contribution in [2.75, 3.05) is 19.0 Å². The van der Waals surface area contributed by atoms with Gasteiger partial charge in [0.2, 0.25) is 0 Å². The second-order valence-electron chi connectivity index (χ2n) is 4.56. The van der Waals surface area contributed by atoms with Gasteiger partial charge in [0.15, 0.2) is 11.5 Å². The molecule has 2 amide bonds. The summed E-state index contributed by atoms with van der Waals surface area (Å²) in [6.45, 7) is 0. The Morgan fingerprint density at radius 2 is 1.68 bits per heavy atom. The lowest BCUT2D eigenvalue weighted by atomic mass is 10.2. The SMILES string of the molecule is CN(C)c1ccc(C(=O)NNC(=O)c2ccccc2Cl)nn1. The Morgan fingerprint density at radius 3 is 2.27 bits per heavy atom. The molecule has 0 spiro atoms. The number of benzene rings is 1. The lowest BCUT2D eigenvalue weighted by Crippen LogP contribution is -2.42. The molecule has 0 aliphatic heterocycles. The summed E-state index contributed by atoms with van der Waals surface area (Å²) in [5.41, 5.74) is 4.88. The van der Waals surface area contributed by atoms with Crippen LogP contribution in [0.4, 0.5) is 5.82 Å². The number of hydrazine groups is 1. The molecular weight excluding hydrogens is 306 g/mol. The van der Waals surface area contributed by atoms with E-state index in [1.165, 1.54) is 6.07 Å². The summed E-state index contributed by atoms with van der Waals surface area (Å²) in [6, 6.07) is 9.68. The molecule has 2 aromatic rings. The molecule has 2 rings (SSSR count). The molecule has 0 unspecified atom stereocenters. The summed E-state index contributed by atoms with van der Waals surface area (Å²) in [7, 11) is 3.63. The lowest BCUT2D eigenvalue weighted by molar-refractivity contribution is 0.0843. The minimum Gasteiger partial charge on any atom is -0.361 e. The van der Waals surface area contributed by atoms with E-state index in [4.69, 9.17) is 11.6 Å². The van der Waals surface area contributed by atoms with Crippen LogP contribution in [0.25, 0.3) is 0 Å². The smallest absolute Gasteiger partial charge is 0.290 e. The topological polar surface area (TPSA) is 87.2 Å². The van der Waals surface area contributed by atoms with Gasteiger partial charge in [-0.2, -0.15) is 0 Å². The van der Waals surface area contributed by atoms with Gasteiger partial charge in [0, 0.05) is 14.1 Å². The number of hydrogen-bond acceptors (Lipinski definition) is 5. The molecule has 0 aliphatic rings. The van der Waals surface area contributed by atoms with E-state index in [1.807, 2.05) is 14.1 Å². The number of halogens is 1. The standard InChI is InChI=1S/C14H14ClN5O2/c1-20(2)12-8-7-11(16-17-12)14(22)19-18-13(21)9-5-3-4-6-10(9)15/h3-8H,1-2H3,(H,18,21)(H,19,22). The first-order valence-electron chi connectivity index (χ1n) is 6.35. The van der Waals surface area contributed by atoms with Crippen molar-refractivity contribution in [2.45, 2.75) is 0 Å². The minimum atomic E-state index is -0.571. The van der Waals surface area contributed by atoms with Crippen LogP contribution in [0, 0.1) is 0 Å². The van der Waals surface area contributed by atoms with E-state index in [2.05, 4.69) is 21.0 Å². The fraction of sp³-hybridized carbons (Fsp3) is 0.143. The first-order valence-corrected chi connectivity index (χ1v) is 6.73. The molecule has 7 nitrogen and oxygen atoms in total. The summed E-state index contributed by atoms with van der Waals surface area (Å²) in [6.07, 6.45) is 0. The molecule has 1 heterocycles. The zero-order chi connectivity index (χ0) is 16.1. The van der Waals surface area contributed by atoms with E-state index in [1.54, 1.807) is 35.2 Å². The van der Waals surface area contributed by atoms with Gasteiger partial charge >= 0.3 is 0 Å². The van der Waals surface area contributed by atoms with Gasteiger partial charge in [0.05, 0.1) is 10.6 Å². The van der Waals surface area contributed by atoms with Crippen LogP contribution in [0.15, 0.2) is 36.4 Å². The fourth-order valence-electron chi connectivity index (χ4n) is 1.58. The Hall–Kier alpha value is -2.67. The number of rotatable bonds is 3. The zero-order valence-electron chi connectivity index (χ0n) is 12.0. The molecule has 1 aromatic heterocycles. The van der Waals surface area contributed by atoms with Gasteiger partial charge < -0.3 is 4.90 Å². The van der Waals surface area contributed by atoms with Crippen LogP contribution in [-0.4, -0.2) is 36.1 Å². The molecule has 1 aromatic carbocycles. The van der Waals surface area contributed by atoms with Gasteiger partial charge in [0.1, 0.15) is 0 Å². The summed E-state index contributed by atoms with van der Waals surface area (Å²) in [4.78, 5) is 25.5. The molecule has 0 saturated carbocycles. The molecular formula is C14H14ClN5O2. The summed E-state index contributed by atoms with van der Waals surface area (Å²) < 4.78 is 0. The number of hydrogen-bond donors (Lipinski definition) is 2. The number of amides is 2. The van der Waals surface area contributed by atoms with Crippen molar-refractivity contribution in [3.8, 4) is 0 Å². The van der Waals surface area contributed by atoms with Crippen LogP contribution in [0.5, 0.6) is 0 Å². The van der Waals surface area contributed by atoms with Crippen molar-refractivity contribution in [1.82, 2.24) is 21.0 Å². The van der Waals surface area contributed by atoms with Crippen LogP contribution < -0.4 is 15.8 Å². The first-order chi connectivity index (χ1) is 10.5. The zero-order valence-corrected chi connectivity index (χ0v) is 12.8. The highest BCUT2D eigenvalue weighted by Gasteiger charge is 2.13. The molecule has 0 fully saturated rings. The Kier molecular flexibility index (Phi) is 4.90. The second-order valence-corrected chi connectivity index (χ2v) is 4.97. The van der Waals surface area contributed by atoms with Crippen molar-refractivity contribution >= 4 is 29.2 Å². The number of aromatic nitrogens is 2. The van der Waals surface area contributed by atoms with Gasteiger partial charge in [-0.05, 0) is 24.3 Å². The van der Waals surface area contributed by atoms with Crippen molar-refractivity contribution in [2.24, 2.45) is 0 Å². The van der Waals surface area contributed by atoms with Crippen LogP contribution in [-0.2, 0) is 0 Å². The highest BCUT2D eigenvalue weighted by molar-refractivity contribution is 6.33. The largest absolute Gasteiger partial charge is 0.361 e. The maximum atomic E-state index is 11.9. The lowest BCUT2D eigenvalue weighted by Gasteiger charge is -2.10. The number of nitrogens with zero attached hydrogens (tertiary/aromatic N) is 3. The average Bonchev–Trinajstić information content (AvgIpc) is 2.52. The predicted octanol–water partition coefficient (Wildman–Crippen LogP) is 1.27. The molecule has 0 saturated heterocycles. The third-order valence-corrected chi connectivity index (χ3v) is 3.08. The molecule has 8 heteroatoms. The van der Waals surface area contributed by atoms with Gasteiger partial charge in [-0.1, -0.05) is 23.7 Å². The van der Waals surface area contributed by atoms with E-state index >= 15 is 0 Å². The second kappa shape index (κ2) is 6.86. The van der Waals surface area contributed by atoms with Crippen molar-refractivity contribution in [1.29, 1.82) is 0 Å². The van der Waals surface area contributed by atoms with E-state index in [0.717, 1.165) is 0 Å². The number of anilines is 1. The summed E-state index contributed by atoms with van der Waals surface area (Å²) >= 11 is 5.90. The van der Waals surface area contributed by atoms with Crippen LogP contribution in [0.1, 0.15) is 20.8 Å². The Labute approximate surface area is 132 Å². The van der Waals surface area contributed by atoms with E-state index in [0.29, 0.717) is 10.8 Å². The molecule has 0 bridgehead atoms. The number of carbonyl (C=O) groups is 2. The molecule has 0 radical (unpaired) electrons. The highest BCUT2D eigenvalue weighted by atomic mass is 35.5. The van der Waals surface area contributed by atoms with E-state index in [9.17, 15) is 9.59 Å². The van der Waals surface area contributed by atoms with Gasteiger partial charge in [-0.25, -0.2) is 0 Å². The van der Waals surface area contributed by atoms with Crippen molar-refractivity contribution in [3.63, 3.8) is 0 Å². The van der Waals surface area contributed by atoms with Crippen molar-refractivity contribution in [3.05, 3.63) is 52.7 Å². The van der Waals surface area contributed by atoms with Crippen LogP contribution in [0.3, 0.4) is 0 Å². The molecule has 22 heavy (non-hydrogen) atoms. The third kappa shape index (κ3) is 3.70. The van der Waals surface area contributed by atoms with Gasteiger partial charge in [-0.3, -0.25) is 20.4 Å². The summed E-state index contributed by atoms with van der Waals surface area (Å²) in [5.74, 6) is -0.466. The summed E-state index contributed by atoms with van der Waals surface area (Å²) in [5, 5.41) is 7.96. The normalized spacial score (nSPS) is 9.95. The predicted molar refractivity (Wildman–Crippen MR) is 82.7 cm³/mol. The third-order valence-electron chi connectivity index (χ3n) is 2.75. The fourth-order valence-corrected chi connectivity index (χ4v) is 1.80. The van der Waals surface area contributed by atoms with Crippen molar-refractivity contribution < 1.29 is 9.59 Å². The molecule has 2 N–H and O–H groups in total. The molecule has 0 atom stereocenters. The number of nitrogens with one attached hydrogen (secondary N) is 2. The van der Waals surface area contributed by atoms with Crippen LogP contribution >= 0.6 is 11.6 Å². The first kappa shape index (κ1) is 15.7. The Balaban J connectivity index is 1.98. The maximum Gasteiger partial charge on any atom is 0.290 e. The van der Waals surface area contributed by atoms with Crippen LogP contribution in [0.2, 0.25) is 5.02 Å². The Bertz CT molecular complexity index is 688. The maximum absolute atomic E-state index is 11.9. The molecule has 114 valence electrons. The highest BCUT2D eigenvalue weighted by Crippen LogP contribution is 2.14. The van der Waals surface area contributed by atoms with Gasteiger partial charge in [-0.15, -0.1) is 10.2 Å². The van der Waals surface area contributed by atoms with Gasteiger partial charge in [0.25, 0.3) is 11.8 Å². The quantitative estimate of drug-likeness (QED) is 0.832. The molecule has 0 aliphatic carbocycles.